The smallest absolute Gasteiger partial charge is 0.350 e. The molecule has 0 spiro atoms. The van der Waals surface area contributed by atoms with Crippen LogP contribution in [0.5, 0.6) is 5.75 Å². The van der Waals surface area contributed by atoms with Gasteiger partial charge in [-0.2, -0.15) is 3.97 Å². The van der Waals surface area contributed by atoms with Gasteiger partial charge in [-0.15, -0.1) is 0 Å². The summed E-state index contributed by atoms with van der Waals surface area (Å²) in [5.74, 6) is 0.0936. The van der Waals surface area contributed by atoms with Gasteiger partial charge in [0.05, 0.1) is 30.1 Å². The molecule has 0 bridgehead atoms. The number of fused-ring (bicyclic) bond motifs is 2. The predicted octanol–water partition coefficient (Wildman–Crippen LogP) is 3.48. The number of aromatic nitrogens is 3. The zero-order chi connectivity index (χ0) is 23.9. The van der Waals surface area contributed by atoms with Gasteiger partial charge in [0.25, 0.3) is 10.0 Å². The van der Waals surface area contributed by atoms with E-state index >= 15 is 0 Å². The lowest BCUT2D eigenvalue weighted by molar-refractivity contribution is 0.0915. The maximum absolute atomic E-state index is 13.7. The Morgan fingerprint density at radius 2 is 1.62 bits per heavy atom. The average molecular weight is 474 g/mol. The lowest BCUT2D eigenvalue weighted by Gasteiger charge is -2.08. The Labute approximate surface area is 194 Å². The summed E-state index contributed by atoms with van der Waals surface area (Å²) < 4.78 is 34.2. The number of benzene rings is 3. The molecule has 2 heterocycles. The van der Waals surface area contributed by atoms with Crippen LogP contribution in [0, 0.1) is 0 Å². The Morgan fingerprint density at radius 3 is 2.35 bits per heavy atom. The second-order valence-electron chi connectivity index (χ2n) is 7.63. The highest BCUT2D eigenvalue weighted by Gasteiger charge is 2.29. The maximum atomic E-state index is 13.7. The first-order valence-electron chi connectivity index (χ1n) is 10.4. The van der Waals surface area contributed by atoms with E-state index in [2.05, 4.69) is 4.98 Å². The van der Waals surface area contributed by atoms with Crippen molar-refractivity contribution in [1.29, 1.82) is 0 Å². The van der Waals surface area contributed by atoms with E-state index in [0.717, 1.165) is 4.57 Å². The monoisotopic (exact) mass is 473 g/mol. The topological polar surface area (TPSA) is 100 Å². The highest BCUT2D eigenvalue weighted by molar-refractivity contribution is 7.90. The van der Waals surface area contributed by atoms with Crippen molar-refractivity contribution in [2.75, 3.05) is 7.11 Å². The molecule has 0 unspecified atom stereocenters. The van der Waals surface area contributed by atoms with E-state index in [1.165, 1.54) is 18.3 Å². The van der Waals surface area contributed by atoms with E-state index in [4.69, 9.17) is 4.74 Å². The molecule has 0 saturated carbocycles. The van der Waals surface area contributed by atoms with E-state index in [-0.39, 0.29) is 27.9 Å². The average Bonchev–Trinajstić information content (AvgIpc) is 3.16. The number of ether oxygens (including phenoxy) is 1. The van der Waals surface area contributed by atoms with Crippen LogP contribution in [0.1, 0.15) is 10.4 Å². The van der Waals surface area contributed by atoms with Crippen LogP contribution in [-0.4, -0.2) is 35.0 Å². The zero-order valence-corrected chi connectivity index (χ0v) is 18.9. The van der Waals surface area contributed by atoms with E-state index in [9.17, 15) is 18.0 Å². The summed E-state index contributed by atoms with van der Waals surface area (Å²) in [6.45, 7) is 0. The van der Waals surface area contributed by atoms with Gasteiger partial charge in [-0.1, -0.05) is 42.5 Å². The van der Waals surface area contributed by atoms with Crippen molar-refractivity contribution >= 4 is 37.9 Å². The van der Waals surface area contributed by atoms with Gasteiger partial charge in [0, 0.05) is 11.6 Å². The second kappa shape index (κ2) is 8.27. The van der Waals surface area contributed by atoms with Crippen LogP contribution in [0.4, 0.5) is 0 Å². The molecule has 0 aliphatic rings. The molecule has 8 nitrogen and oxygen atoms in total. The van der Waals surface area contributed by atoms with Crippen molar-refractivity contribution in [2.45, 2.75) is 11.3 Å². The molecule has 0 radical (unpaired) electrons. The molecule has 5 rings (SSSR count). The van der Waals surface area contributed by atoms with Crippen molar-refractivity contribution < 1.29 is 17.9 Å². The van der Waals surface area contributed by atoms with Gasteiger partial charge in [-0.3, -0.25) is 9.78 Å². The molecule has 0 atom stereocenters. The SMILES string of the molecule is COc1ccc(CC(=O)n2c(=O)n(S(=O)(=O)c3cccc4cccnc34)c3ccccc32)cc1. The van der Waals surface area contributed by atoms with Crippen LogP contribution in [-0.2, 0) is 16.4 Å². The number of imidazole rings is 1. The van der Waals surface area contributed by atoms with Crippen LogP contribution in [0.15, 0.2) is 94.7 Å². The molecular weight excluding hydrogens is 454 g/mol. The number of rotatable bonds is 5. The number of nitrogens with zero attached hydrogens (tertiary/aromatic N) is 3. The number of hydrogen-bond acceptors (Lipinski definition) is 6. The van der Waals surface area contributed by atoms with Crippen molar-refractivity contribution in [2.24, 2.45) is 0 Å². The van der Waals surface area contributed by atoms with Crippen molar-refractivity contribution in [3.63, 3.8) is 0 Å². The summed E-state index contributed by atoms with van der Waals surface area (Å²) in [4.78, 5) is 30.8. The highest BCUT2D eigenvalue weighted by Crippen LogP contribution is 2.25. The minimum Gasteiger partial charge on any atom is -0.497 e. The van der Waals surface area contributed by atoms with Crippen LogP contribution in [0.2, 0.25) is 0 Å². The number of para-hydroxylation sites is 3. The normalized spacial score (nSPS) is 11.7. The molecule has 0 saturated heterocycles. The van der Waals surface area contributed by atoms with Gasteiger partial charge in [-0.05, 0) is 42.0 Å². The summed E-state index contributed by atoms with van der Waals surface area (Å²) in [6, 6.07) is 21.4. The van der Waals surface area contributed by atoms with Crippen LogP contribution < -0.4 is 10.4 Å². The Kier molecular flexibility index (Phi) is 5.25. The van der Waals surface area contributed by atoms with Crippen LogP contribution in [0.25, 0.3) is 21.9 Å². The Morgan fingerprint density at radius 1 is 0.912 bits per heavy atom. The number of carbonyl (C=O) groups is 1. The molecule has 9 heteroatoms. The molecule has 34 heavy (non-hydrogen) atoms. The van der Waals surface area contributed by atoms with E-state index in [1.807, 2.05) is 0 Å². The third kappa shape index (κ3) is 3.46. The summed E-state index contributed by atoms with van der Waals surface area (Å²) in [7, 11) is -2.82. The molecule has 0 fully saturated rings. The second-order valence-corrected chi connectivity index (χ2v) is 9.38. The third-order valence-electron chi connectivity index (χ3n) is 5.58. The Bertz CT molecular complexity index is 1710. The molecule has 0 amide bonds. The van der Waals surface area contributed by atoms with Gasteiger partial charge in [-0.25, -0.2) is 17.8 Å². The summed E-state index contributed by atoms with van der Waals surface area (Å²) in [6.07, 6.45) is 1.40. The molecule has 2 aromatic heterocycles. The molecule has 0 aliphatic carbocycles. The number of pyridine rings is 1. The van der Waals surface area contributed by atoms with Gasteiger partial charge < -0.3 is 4.74 Å². The fourth-order valence-corrected chi connectivity index (χ4v) is 5.54. The van der Waals surface area contributed by atoms with E-state index in [0.29, 0.717) is 20.7 Å². The van der Waals surface area contributed by atoms with E-state index < -0.39 is 21.6 Å². The zero-order valence-electron chi connectivity index (χ0n) is 18.1. The first-order valence-corrected chi connectivity index (χ1v) is 11.8. The fraction of sp³-hybridized carbons (Fsp3) is 0.0800. The standard InChI is InChI=1S/C25H19N3O5S/c1-33-19-13-11-17(12-14-19)16-23(29)27-20-8-2-3-9-21(20)28(25(27)30)34(31,32)22-10-4-6-18-7-5-15-26-24(18)22/h2-15H,16H2,1H3. The first-order chi connectivity index (χ1) is 16.4. The van der Waals surface area contributed by atoms with Crippen molar-refractivity contribution in [3.8, 4) is 5.75 Å². The fourth-order valence-electron chi connectivity index (χ4n) is 3.97. The first kappa shape index (κ1) is 21.6. The number of methoxy groups -OCH3 is 1. The number of hydrogen-bond donors (Lipinski definition) is 0. The van der Waals surface area contributed by atoms with Crippen molar-refractivity contribution in [1.82, 2.24) is 13.5 Å². The Hall–Kier alpha value is -4.24. The van der Waals surface area contributed by atoms with Crippen LogP contribution in [0.3, 0.4) is 0 Å². The predicted molar refractivity (Wildman–Crippen MR) is 128 cm³/mol. The quantitative estimate of drug-likeness (QED) is 0.387. The van der Waals surface area contributed by atoms with Crippen LogP contribution >= 0.6 is 0 Å². The molecule has 0 aliphatic heterocycles. The summed E-state index contributed by atoms with van der Waals surface area (Å²) in [5.41, 5.74) is 0.285. The molecule has 3 aromatic carbocycles. The lowest BCUT2D eigenvalue weighted by Crippen LogP contribution is -2.33. The maximum Gasteiger partial charge on any atom is 0.350 e. The lowest BCUT2D eigenvalue weighted by atomic mass is 10.1. The van der Waals surface area contributed by atoms with Gasteiger partial charge in [0.15, 0.2) is 0 Å². The molecule has 170 valence electrons. The minimum atomic E-state index is -4.37. The molecular formula is C25H19N3O5S. The van der Waals surface area contributed by atoms with Gasteiger partial charge in [0.1, 0.15) is 10.6 Å². The summed E-state index contributed by atoms with van der Waals surface area (Å²) >= 11 is 0. The minimum absolute atomic E-state index is 0.0895. The molecule has 5 aromatic rings. The van der Waals surface area contributed by atoms with Crippen molar-refractivity contribution in [3.05, 3.63) is 101 Å². The van der Waals surface area contributed by atoms with Gasteiger partial charge in [0.2, 0.25) is 5.91 Å². The van der Waals surface area contributed by atoms with E-state index in [1.54, 1.807) is 73.8 Å². The summed E-state index contributed by atoms with van der Waals surface area (Å²) in [5, 5.41) is 0.621. The Balaban J connectivity index is 1.68. The largest absolute Gasteiger partial charge is 0.497 e. The number of carbonyl (C=O) groups excluding carboxylic acids is 1. The van der Waals surface area contributed by atoms with Gasteiger partial charge >= 0.3 is 5.69 Å². The molecule has 0 N–H and O–H groups in total. The third-order valence-corrected chi connectivity index (χ3v) is 7.30. The highest BCUT2D eigenvalue weighted by atomic mass is 32.2.